The zero-order valence-corrected chi connectivity index (χ0v) is 21.0. The van der Waals surface area contributed by atoms with E-state index in [1.165, 1.54) is 0 Å². The van der Waals surface area contributed by atoms with E-state index in [1.807, 2.05) is 60.7 Å². The highest BCUT2D eigenvalue weighted by molar-refractivity contribution is 5.88. The summed E-state index contributed by atoms with van der Waals surface area (Å²) in [7, 11) is 0. The van der Waals surface area contributed by atoms with Crippen molar-refractivity contribution < 1.29 is 28.5 Å². The second-order valence-electron chi connectivity index (χ2n) is 9.25. The van der Waals surface area contributed by atoms with Crippen LogP contribution in [-0.4, -0.2) is 24.4 Å². The second kappa shape index (κ2) is 10.9. The summed E-state index contributed by atoms with van der Waals surface area (Å²) in [5, 5.41) is 11.0. The van der Waals surface area contributed by atoms with Gasteiger partial charge in [0.25, 0.3) is 0 Å². The fourth-order valence-electron chi connectivity index (χ4n) is 4.28. The Morgan fingerprint density at radius 3 is 2.03 bits per heavy atom. The number of benzene rings is 4. The summed E-state index contributed by atoms with van der Waals surface area (Å²) < 4.78 is 29.2. The van der Waals surface area contributed by atoms with Crippen LogP contribution in [0.4, 0.5) is 0 Å². The van der Waals surface area contributed by atoms with Gasteiger partial charge in [0, 0.05) is 17.7 Å². The molecule has 0 amide bonds. The fraction of sp³-hybridized carbons (Fsp3) is 0.156. The molecular weight excluding hydrogens is 496 g/mol. The van der Waals surface area contributed by atoms with Crippen LogP contribution < -0.4 is 19.6 Å². The average molecular weight is 523 g/mol. The lowest BCUT2D eigenvalue weighted by Gasteiger charge is -2.26. The van der Waals surface area contributed by atoms with E-state index in [0.29, 0.717) is 36.9 Å². The molecule has 5 aromatic rings. The summed E-state index contributed by atoms with van der Waals surface area (Å²) >= 11 is 0. The van der Waals surface area contributed by atoms with Gasteiger partial charge in [-0.25, -0.2) is 0 Å². The van der Waals surface area contributed by atoms with Crippen molar-refractivity contribution in [2.45, 2.75) is 19.3 Å². The molecule has 1 aliphatic heterocycles. The third kappa shape index (κ3) is 5.44. The number of hydrogen-bond donors (Lipinski definition) is 1. The first-order valence-electron chi connectivity index (χ1n) is 12.7. The molecule has 7 heteroatoms. The van der Waals surface area contributed by atoms with Crippen molar-refractivity contribution in [2.24, 2.45) is 0 Å². The van der Waals surface area contributed by atoms with Gasteiger partial charge in [0.1, 0.15) is 47.5 Å². The maximum atomic E-state index is 13.4. The Balaban J connectivity index is 1.37. The molecule has 196 valence electrons. The molecular formula is C32H26O7. The van der Waals surface area contributed by atoms with Crippen molar-refractivity contribution in [3.05, 3.63) is 118 Å². The van der Waals surface area contributed by atoms with Crippen molar-refractivity contribution in [3.8, 4) is 34.3 Å². The molecule has 6 rings (SSSR count). The third-order valence-corrected chi connectivity index (χ3v) is 6.42. The Kier molecular flexibility index (Phi) is 6.89. The average Bonchev–Trinajstić information content (AvgIpc) is 2.96. The van der Waals surface area contributed by atoms with Crippen LogP contribution in [0.1, 0.15) is 11.1 Å². The quantitative estimate of drug-likeness (QED) is 0.250. The van der Waals surface area contributed by atoms with E-state index in [2.05, 4.69) is 0 Å². The van der Waals surface area contributed by atoms with Gasteiger partial charge in [-0.05, 0) is 35.4 Å². The zero-order chi connectivity index (χ0) is 26.6. The van der Waals surface area contributed by atoms with Crippen LogP contribution in [0.3, 0.4) is 0 Å². The highest BCUT2D eigenvalue weighted by Crippen LogP contribution is 2.37. The second-order valence-corrected chi connectivity index (χ2v) is 9.25. The molecule has 0 aliphatic carbocycles. The zero-order valence-electron chi connectivity index (χ0n) is 21.0. The lowest BCUT2D eigenvalue weighted by atomic mass is 10.1. The minimum atomic E-state index is -0.587. The van der Waals surface area contributed by atoms with Crippen LogP contribution in [0, 0.1) is 0 Å². The van der Waals surface area contributed by atoms with Gasteiger partial charge in [0.2, 0.25) is 11.2 Å². The van der Waals surface area contributed by atoms with E-state index >= 15 is 0 Å². The van der Waals surface area contributed by atoms with E-state index in [1.54, 1.807) is 36.4 Å². The van der Waals surface area contributed by atoms with Crippen molar-refractivity contribution >= 4 is 11.0 Å². The standard InChI is InChI=1S/C32H26O7/c33-30-29-27(37-18-22-9-5-2-6-10-22)15-25(36-17-21-7-3-1-4-8-21)16-28(29)39-32(31(30)34)23-11-13-24(14-12-23)38-26-19-35-20-26/h1-16,26,34H,17-20H2. The number of fused-ring (bicyclic) bond motifs is 1. The summed E-state index contributed by atoms with van der Waals surface area (Å²) in [4.78, 5) is 13.4. The lowest BCUT2D eigenvalue weighted by Crippen LogP contribution is -2.38. The molecule has 7 nitrogen and oxygen atoms in total. The normalized spacial score (nSPS) is 13.1. The van der Waals surface area contributed by atoms with E-state index in [0.717, 1.165) is 11.1 Å². The van der Waals surface area contributed by atoms with Crippen molar-refractivity contribution in [3.63, 3.8) is 0 Å². The minimum absolute atomic E-state index is 0.0338. The predicted molar refractivity (Wildman–Crippen MR) is 146 cm³/mol. The summed E-state index contributed by atoms with van der Waals surface area (Å²) in [5.41, 5.74) is 2.12. The number of hydrogen-bond acceptors (Lipinski definition) is 7. The molecule has 0 saturated carbocycles. The van der Waals surface area contributed by atoms with Crippen molar-refractivity contribution in [1.82, 2.24) is 0 Å². The van der Waals surface area contributed by atoms with Crippen LogP contribution in [-0.2, 0) is 18.0 Å². The third-order valence-electron chi connectivity index (χ3n) is 6.42. The van der Waals surface area contributed by atoms with Crippen molar-refractivity contribution in [1.29, 1.82) is 0 Å². The number of ether oxygens (including phenoxy) is 4. The molecule has 4 aromatic carbocycles. The van der Waals surface area contributed by atoms with Gasteiger partial charge in [-0.3, -0.25) is 4.79 Å². The van der Waals surface area contributed by atoms with Gasteiger partial charge in [-0.1, -0.05) is 60.7 Å². The van der Waals surface area contributed by atoms with Crippen molar-refractivity contribution in [2.75, 3.05) is 13.2 Å². The molecule has 0 atom stereocenters. The monoisotopic (exact) mass is 522 g/mol. The molecule has 1 fully saturated rings. The minimum Gasteiger partial charge on any atom is -0.502 e. The van der Waals surface area contributed by atoms with Crippen LogP contribution in [0.5, 0.6) is 23.0 Å². The topological polar surface area (TPSA) is 87.4 Å². The fourth-order valence-corrected chi connectivity index (χ4v) is 4.28. The Morgan fingerprint density at radius 2 is 1.41 bits per heavy atom. The largest absolute Gasteiger partial charge is 0.502 e. The molecule has 39 heavy (non-hydrogen) atoms. The van der Waals surface area contributed by atoms with Gasteiger partial charge in [-0.2, -0.15) is 0 Å². The molecule has 0 unspecified atom stereocenters. The van der Waals surface area contributed by atoms with Gasteiger partial charge >= 0.3 is 0 Å². The van der Waals surface area contributed by atoms with Gasteiger partial charge < -0.3 is 28.5 Å². The number of rotatable bonds is 9. The lowest BCUT2D eigenvalue weighted by molar-refractivity contribution is -0.0796. The Morgan fingerprint density at radius 1 is 0.769 bits per heavy atom. The Bertz CT molecular complexity index is 1620. The summed E-state index contributed by atoms with van der Waals surface area (Å²) in [6, 6.07) is 29.7. The van der Waals surface area contributed by atoms with Gasteiger partial charge in [0.05, 0.1) is 13.2 Å². The van der Waals surface area contributed by atoms with Gasteiger partial charge in [0.15, 0.2) is 5.76 Å². The first kappa shape index (κ1) is 24.6. The maximum Gasteiger partial charge on any atom is 0.238 e. The van der Waals surface area contributed by atoms with Crippen LogP contribution in [0.15, 0.2) is 106 Å². The summed E-state index contributed by atoms with van der Waals surface area (Å²) in [6.07, 6.45) is 0.0338. The smallest absolute Gasteiger partial charge is 0.238 e. The molecule has 2 heterocycles. The van der Waals surface area contributed by atoms with E-state index < -0.39 is 11.2 Å². The molecule has 1 aromatic heterocycles. The highest BCUT2D eigenvalue weighted by atomic mass is 16.6. The van der Waals surface area contributed by atoms with E-state index in [9.17, 15) is 9.90 Å². The highest BCUT2D eigenvalue weighted by Gasteiger charge is 2.22. The number of aromatic hydroxyl groups is 1. The van der Waals surface area contributed by atoms with Crippen LogP contribution in [0.2, 0.25) is 0 Å². The SMILES string of the molecule is O=c1c(O)c(-c2ccc(OC3COC3)cc2)oc2cc(OCc3ccccc3)cc(OCc3ccccc3)c12. The van der Waals surface area contributed by atoms with Gasteiger partial charge in [-0.15, -0.1) is 0 Å². The summed E-state index contributed by atoms with van der Waals surface area (Å²) in [6.45, 7) is 1.68. The first-order valence-corrected chi connectivity index (χ1v) is 12.7. The maximum absolute atomic E-state index is 13.4. The Hall–Kier alpha value is -4.75. The molecule has 0 radical (unpaired) electrons. The van der Waals surface area contributed by atoms with E-state index in [-0.39, 0.29) is 35.2 Å². The molecule has 1 aliphatic rings. The first-order chi connectivity index (χ1) is 19.1. The Labute approximate surface area is 224 Å². The molecule has 0 bridgehead atoms. The molecule has 1 saturated heterocycles. The van der Waals surface area contributed by atoms with Crippen LogP contribution in [0.25, 0.3) is 22.3 Å². The molecule has 0 spiro atoms. The van der Waals surface area contributed by atoms with E-state index in [4.69, 9.17) is 23.4 Å². The summed E-state index contributed by atoms with van der Waals surface area (Å²) in [5.74, 6) is 0.969. The van der Waals surface area contributed by atoms with Crippen LogP contribution >= 0.6 is 0 Å². The predicted octanol–water partition coefficient (Wildman–Crippen LogP) is 6.10. The molecule has 1 N–H and O–H groups in total.